The van der Waals surface area contributed by atoms with Gasteiger partial charge in [0.1, 0.15) is 5.82 Å². The number of ether oxygens (including phenoxy) is 1. The molecule has 0 bridgehead atoms. The van der Waals surface area contributed by atoms with E-state index in [1.54, 1.807) is 0 Å². The standard InChI is InChI=1S/C10H5BrClFN2O2S2/c1-17-10(16)5-2-4(13)3-6(11)7(5)14-9-8(12)15-19-18-9/h2-3H,1H3/b14-9-. The quantitative estimate of drug-likeness (QED) is 0.586. The van der Waals surface area contributed by atoms with Gasteiger partial charge in [-0.2, -0.15) is 4.37 Å². The van der Waals surface area contributed by atoms with Crippen LogP contribution in [0.1, 0.15) is 10.4 Å². The molecular weight excluding hydrogens is 379 g/mol. The van der Waals surface area contributed by atoms with Gasteiger partial charge in [0.2, 0.25) is 0 Å². The van der Waals surface area contributed by atoms with E-state index < -0.39 is 11.8 Å². The number of carbonyl (C=O) groups excluding carboxylic acids is 1. The lowest BCUT2D eigenvalue weighted by molar-refractivity contribution is 0.0601. The molecule has 0 aliphatic carbocycles. The van der Waals surface area contributed by atoms with Crippen LogP contribution in [-0.2, 0) is 4.74 Å². The number of esters is 1. The highest BCUT2D eigenvalue weighted by atomic mass is 79.9. The minimum absolute atomic E-state index is 0.0174. The molecule has 1 aromatic carbocycles. The number of benzene rings is 1. The van der Waals surface area contributed by atoms with Crippen LogP contribution in [0.4, 0.5) is 10.1 Å². The second-order valence-corrected chi connectivity index (χ2v) is 6.28. The number of methoxy groups -OCH3 is 1. The van der Waals surface area contributed by atoms with Crippen LogP contribution in [0.15, 0.2) is 21.6 Å². The van der Waals surface area contributed by atoms with Gasteiger partial charge in [-0.15, -0.1) is 0 Å². The highest BCUT2D eigenvalue weighted by Gasteiger charge is 2.17. The third-order valence-corrected chi connectivity index (χ3v) is 4.83. The molecule has 0 aliphatic rings. The summed E-state index contributed by atoms with van der Waals surface area (Å²) in [6.45, 7) is 0. The summed E-state index contributed by atoms with van der Waals surface area (Å²) in [7, 11) is 3.64. The van der Waals surface area contributed by atoms with Crippen molar-refractivity contribution in [3.8, 4) is 0 Å². The van der Waals surface area contributed by atoms with Crippen LogP contribution >= 0.6 is 48.4 Å². The number of halogens is 3. The van der Waals surface area contributed by atoms with Crippen LogP contribution in [0.3, 0.4) is 0 Å². The molecule has 0 aliphatic heterocycles. The Kier molecular flexibility index (Phi) is 4.67. The Bertz CT molecular complexity index is 701. The van der Waals surface area contributed by atoms with E-state index in [0.29, 0.717) is 9.14 Å². The summed E-state index contributed by atoms with van der Waals surface area (Å²) >= 11 is 9.02. The van der Waals surface area contributed by atoms with Gasteiger partial charge < -0.3 is 4.74 Å². The molecule has 0 amide bonds. The maximum Gasteiger partial charge on any atom is 0.340 e. The fourth-order valence-corrected chi connectivity index (χ4v) is 3.77. The van der Waals surface area contributed by atoms with E-state index in [1.807, 2.05) is 0 Å². The molecule has 9 heteroatoms. The topological polar surface area (TPSA) is 51.5 Å². The molecule has 2 rings (SSSR count). The summed E-state index contributed by atoms with van der Waals surface area (Å²) in [6, 6.07) is 2.28. The Balaban J connectivity index is 2.69. The first kappa shape index (κ1) is 14.6. The molecule has 1 aromatic heterocycles. The van der Waals surface area contributed by atoms with Crippen molar-refractivity contribution in [3.63, 3.8) is 0 Å². The lowest BCUT2D eigenvalue weighted by atomic mass is 10.2. The van der Waals surface area contributed by atoms with E-state index in [4.69, 9.17) is 11.6 Å². The van der Waals surface area contributed by atoms with Crippen molar-refractivity contribution in [1.82, 2.24) is 4.37 Å². The summed E-state index contributed by atoms with van der Waals surface area (Å²) in [5, 5.41) is 0.238. The molecule has 0 saturated carbocycles. The number of rotatable bonds is 2. The lowest BCUT2D eigenvalue weighted by Gasteiger charge is -2.05. The van der Waals surface area contributed by atoms with Crippen molar-refractivity contribution in [2.45, 2.75) is 0 Å². The molecule has 19 heavy (non-hydrogen) atoms. The Morgan fingerprint density at radius 3 is 2.89 bits per heavy atom. The summed E-state index contributed by atoms with van der Waals surface area (Å²) in [5.74, 6) is -1.24. The van der Waals surface area contributed by atoms with Gasteiger partial charge in [0.05, 0.1) is 18.4 Å². The van der Waals surface area contributed by atoms with Crippen LogP contribution in [0.5, 0.6) is 0 Å². The van der Waals surface area contributed by atoms with Crippen LogP contribution in [0.25, 0.3) is 0 Å². The zero-order valence-electron chi connectivity index (χ0n) is 9.32. The zero-order chi connectivity index (χ0) is 14.0. The number of hydrogen-bond donors (Lipinski definition) is 0. The van der Waals surface area contributed by atoms with Gasteiger partial charge in [0, 0.05) is 15.0 Å². The van der Waals surface area contributed by atoms with E-state index in [1.165, 1.54) is 34.1 Å². The van der Waals surface area contributed by atoms with Crippen molar-refractivity contribution in [1.29, 1.82) is 0 Å². The number of carbonyl (C=O) groups is 1. The van der Waals surface area contributed by atoms with Gasteiger partial charge in [-0.25, -0.2) is 14.2 Å². The predicted molar refractivity (Wildman–Crippen MR) is 75.7 cm³/mol. The second kappa shape index (κ2) is 6.08. The Morgan fingerprint density at radius 2 is 2.32 bits per heavy atom. The number of nitrogens with zero attached hydrogens (tertiary/aromatic N) is 2. The minimum Gasteiger partial charge on any atom is -0.465 e. The monoisotopic (exact) mass is 382 g/mol. The van der Waals surface area contributed by atoms with Crippen molar-refractivity contribution in [2.24, 2.45) is 4.99 Å². The summed E-state index contributed by atoms with van der Waals surface area (Å²) in [5.41, 5.74) is 0.274. The maximum absolute atomic E-state index is 13.3. The summed E-state index contributed by atoms with van der Waals surface area (Å²) < 4.78 is 22.6. The third-order valence-electron chi connectivity index (χ3n) is 2.06. The molecule has 0 unspecified atom stereocenters. The molecule has 2 aromatic rings. The fraction of sp³-hybridized carbons (Fsp3) is 0.100. The third kappa shape index (κ3) is 3.19. The van der Waals surface area contributed by atoms with E-state index >= 15 is 0 Å². The smallest absolute Gasteiger partial charge is 0.340 e. The SMILES string of the molecule is COC(=O)c1cc(F)cc(Br)c1/N=c1\ssnc1Cl. The highest BCUT2D eigenvalue weighted by molar-refractivity contribution is 9.10. The largest absolute Gasteiger partial charge is 0.465 e. The summed E-state index contributed by atoms with van der Waals surface area (Å²) in [6.07, 6.45) is 0. The van der Waals surface area contributed by atoms with Crippen LogP contribution in [-0.4, -0.2) is 17.5 Å². The molecule has 100 valence electrons. The average molecular weight is 384 g/mol. The summed E-state index contributed by atoms with van der Waals surface area (Å²) in [4.78, 5) is 15.9. The molecule has 0 radical (unpaired) electrons. The van der Waals surface area contributed by atoms with E-state index in [-0.39, 0.29) is 16.4 Å². The molecule has 0 spiro atoms. The Labute approximate surface area is 128 Å². The average Bonchev–Trinajstić information content (AvgIpc) is 2.77. The van der Waals surface area contributed by atoms with E-state index in [0.717, 1.165) is 6.07 Å². The molecule has 1 heterocycles. The molecule has 0 N–H and O–H groups in total. The molecular formula is C10H5BrClFN2O2S2. The van der Waals surface area contributed by atoms with Crippen LogP contribution < -0.4 is 4.67 Å². The van der Waals surface area contributed by atoms with E-state index in [9.17, 15) is 9.18 Å². The van der Waals surface area contributed by atoms with Crippen molar-refractivity contribution in [3.05, 3.63) is 37.8 Å². The number of hydrogen-bond acceptors (Lipinski definition) is 6. The maximum atomic E-state index is 13.3. The van der Waals surface area contributed by atoms with Crippen LogP contribution in [0, 0.1) is 5.82 Å². The van der Waals surface area contributed by atoms with Crippen LogP contribution in [0.2, 0.25) is 5.15 Å². The first-order valence-electron chi connectivity index (χ1n) is 4.76. The normalized spacial score (nSPS) is 11.7. The van der Waals surface area contributed by atoms with Gasteiger partial charge in [-0.3, -0.25) is 0 Å². The Morgan fingerprint density at radius 1 is 1.58 bits per heavy atom. The van der Waals surface area contributed by atoms with E-state index in [2.05, 4.69) is 30.0 Å². The fourth-order valence-electron chi connectivity index (χ4n) is 1.27. The highest BCUT2D eigenvalue weighted by Crippen LogP contribution is 2.31. The second-order valence-electron chi connectivity index (χ2n) is 3.23. The molecule has 0 atom stereocenters. The zero-order valence-corrected chi connectivity index (χ0v) is 13.3. The van der Waals surface area contributed by atoms with Gasteiger partial charge >= 0.3 is 5.97 Å². The van der Waals surface area contributed by atoms with Crippen molar-refractivity contribution in [2.75, 3.05) is 7.11 Å². The van der Waals surface area contributed by atoms with Crippen molar-refractivity contribution < 1.29 is 13.9 Å². The van der Waals surface area contributed by atoms with Crippen molar-refractivity contribution >= 4 is 60.1 Å². The molecule has 0 saturated heterocycles. The molecule has 0 fully saturated rings. The van der Waals surface area contributed by atoms with Gasteiger partial charge in [0.25, 0.3) is 0 Å². The number of aromatic nitrogens is 1. The lowest BCUT2D eigenvalue weighted by Crippen LogP contribution is -2.04. The predicted octanol–water partition coefficient (Wildman–Crippen LogP) is 3.78. The van der Waals surface area contributed by atoms with Gasteiger partial charge in [0.15, 0.2) is 9.82 Å². The first-order chi connectivity index (χ1) is 9.02. The molecule has 4 nitrogen and oxygen atoms in total. The Hall–Kier alpha value is -0.830. The van der Waals surface area contributed by atoms with Gasteiger partial charge in [-0.05, 0) is 38.4 Å². The minimum atomic E-state index is -0.678. The first-order valence-corrected chi connectivity index (χ1v) is 8.04. The van der Waals surface area contributed by atoms with Gasteiger partial charge in [-0.1, -0.05) is 11.6 Å².